The fourth-order valence-corrected chi connectivity index (χ4v) is 2.14. The van der Waals surface area contributed by atoms with E-state index in [4.69, 9.17) is 13.9 Å². The number of ether oxygens (including phenoxy) is 2. The largest absolute Gasteiger partial charge is 0.462 e. The predicted octanol–water partition coefficient (Wildman–Crippen LogP) is 3.20. The molecule has 2 atom stereocenters. The molecule has 19 heavy (non-hydrogen) atoms. The first-order chi connectivity index (χ1) is 9.29. The Morgan fingerprint density at radius 2 is 1.95 bits per heavy atom. The second kappa shape index (κ2) is 4.90. The molecular weight excluding hydrogens is 244 g/mol. The van der Waals surface area contributed by atoms with Crippen molar-refractivity contribution >= 4 is 0 Å². The molecule has 1 aliphatic heterocycles. The van der Waals surface area contributed by atoms with Crippen molar-refractivity contribution in [1.82, 2.24) is 0 Å². The van der Waals surface area contributed by atoms with E-state index in [1.165, 1.54) is 12.3 Å². The molecule has 0 N–H and O–H groups in total. The monoisotopic (exact) mass is 258 g/mol. The Balaban J connectivity index is 2.02. The molecule has 0 fully saturated rings. The molecule has 0 saturated carbocycles. The lowest BCUT2D eigenvalue weighted by Crippen LogP contribution is -2.25. The summed E-state index contributed by atoms with van der Waals surface area (Å²) in [5.41, 5.74) is 0.707. The summed E-state index contributed by atoms with van der Waals surface area (Å²) in [6, 6.07) is 10.9. The minimum atomic E-state index is -0.566. The van der Waals surface area contributed by atoms with Crippen molar-refractivity contribution in [3.63, 3.8) is 0 Å². The molecule has 0 saturated heterocycles. The van der Waals surface area contributed by atoms with Gasteiger partial charge in [-0.05, 0) is 6.42 Å². The molecule has 2 unspecified atom stereocenters. The van der Waals surface area contributed by atoms with Gasteiger partial charge in [0.25, 0.3) is 0 Å². The lowest BCUT2D eigenvalue weighted by Gasteiger charge is -2.30. The van der Waals surface area contributed by atoms with Gasteiger partial charge in [-0.2, -0.15) is 0 Å². The fourth-order valence-electron chi connectivity index (χ4n) is 2.14. The summed E-state index contributed by atoms with van der Waals surface area (Å²) < 4.78 is 16.9. The van der Waals surface area contributed by atoms with Gasteiger partial charge in [0, 0.05) is 11.6 Å². The molecule has 2 aromatic rings. The summed E-state index contributed by atoms with van der Waals surface area (Å²) in [6.45, 7) is 1.98. The van der Waals surface area contributed by atoms with Crippen LogP contribution in [0.25, 0.3) is 0 Å². The molecule has 1 aromatic heterocycles. The molecule has 0 bridgehead atoms. The maximum absolute atomic E-state index is 11.9. The molecule has 3 rings (SSSR count). The minimum Gasteiger partial charge on any atom is -0.462 e. The third-order valence-electron chi connectivity index (χ3n) is 3.11. The number of fused-ring (bicyclic) bond motifs is 1. The van der Waals surface area contributed by atoms with Gasteiger partial charge in [-0.25, -0.2) is 0 Å². The van der Waals surface area contributed by atoms with Crippen molar-refractivity contribution < 1.29 is 13.9 Å². The van der Waals surface area contributed by atoms with Gasteiger partial charge in [-0.3, -0.25) is 4.79 Å². The average molecular weight is 258 g/mol. The first-order valence-corrected chi connectivity index (χ1v) is 6.28. The van der Waals surface area contributed by atoms with Crippen LogP contribution in [0, 0.1) is 0 Å². The summed E-state index contributed by atoms with van der Waals surface area (Å²) in [5.74, 6) is 0.733. The molecule has 0 aliphatic carbocycles. The zero-order valence-electron chi connectivity index (χ0n) is 10.5. The molecule has 4 nitrogen and oxygen atoms in total. The van der Waals surface area contributed by atoms with Crippen molar-refractivity contribution in [2.24, 2.45) is 0 Å². The highest BCUT2D eigenvalue weighted by molar-refractivity contribution is 5.30. The Morgan fingerprint density at radius 3 is 2.68 bits per heavy atom. The van der Waals surface area contributed by atoms with Crippen LogP contribution in [0.5, 0.6) is 5.75 Å². The molecule has 1 aliphatic rings. The fraction of sp³-hybridized carbons (Fsp3) is 0.267. The number of hydrogen-bond donors (Lipinski definition) is 0. The van der Waals surface area contributed by atoms with Crippen LogP contribution in [0.3, 0.4) is 0 Å². The molecule has 4 heteroatoms. The minimum absolute atomic E-state index is 0.177. The van der Waals surface area contributed by atoms with Crippen LogP contribution in [0.1, 0.15) is 37.1 Å². The molecule has 0 amide bonds. The topological polar surface area (TPSA) is 48.7 Å². The highest BCUT2D eigenvalue weighted by atomic mass is 16.7. The zero-order chi connectivity index (χ0) is 13.2. The maximum atomic E-state index is 11.9. The lowest BCUT2D eigenvalue weighted by atomic mass is 10.1. The maximum Gasteiger partial charge on any atom is 0.227 e. The number of rotatable bonds is 2. The van der Waals surface area contributed by atoms with Crippen LogP contribution in [0.2, 0.25) is 0 Å². The van der Waals surface area contributed by atoms with Gasteiger partial charge in [0.15, 0.2) is 5.76 Å². The van der Waals surface area contributed by atoms with Gasteiger partial charge in [-0.1, -0.05) is 37.3 Å². The van der Waals surface area contributed by atoms with Crippen LogP contribution in [0.4, 0.5) is 0 Å². The standard InChI is InChI=1S/C15H14O4/c1-2-12-14-13(11(16)8-9-17-14)19-15(18-12)10-6-4-3-5-7-10/h3-9,12,15H,2H2,1H3. The first-order valence-electron chi connectivity index (χ1n) is 6.28. The normalized spacial score (nSPS) is 21.5. The molecule has 2 heterocycles. The van der Waals surface area contributed by atoms with Crippen LogP contribution in [0.15, 0.2) is 51.9 Å². The van der Waals surface area contributed by atoms with Crippen molar-refractivity contribution in [2.75, 3.05) is 0 Å². The lowest BCUT2D eigenvalue weighted by molar-refractivity contribution is -0.155. The molecule has 0 spiro atoms. The summed E-state index contributed by atoms with van der Waals surface area (Å²) in [6.07, 6.45) is 1.26. The van der Waals surface area contributed by atoms with E-state index in [9.17, 15) is 4.79 Å². The van der Waals surface area contributed by atoms with Crippen molar-refractivity contribution in [2.45, 2.75) is 25.7 Å². The highest BCUT2D eigenvalue weighted by Gasteiger charge is 2.32. The molecular formula is C15H14O4. The number of benzene rings is 1. The van der Waals surface area contributed by atoms with Crippen LogP contribution in [-0.2, 0) is 4.74 Å². The van der Waals surface area contributed by atoms with Crippen LogP contribution in [-0.4, -0.2) is 0 Å². The van der Waals surface area contributed by atoms with E-state index in [0.717, 1.165) is 5.56 Å². The van der Waals surface area contributed by atoms with Crippen molar-refractivity contribution in [3.05, 3.63) is 64.2 Å². The Morgan fingerprint density at radius 1 is 1.16 bits per heavy atom. The van der Waals surface area contributed by atoms with Crippen molar-refractivity contribution in [1.29, 1.82) is 0 Å². The summed E-state index contributed by atoms with van der Waals surface area (Å²) in [7, 11) is 0. The van der Waals surface area contributed by atoms with Gasteiger partial charge < -0.3 is 13.9 Å². The first kappa shape index (κ1) is 12.0. The van der Waals surface area contributed by atoms with Gasteiger partial charge >= 0.3 is 0 Å². The summed E-state index contributed by atoms with van der Waals surface area (Å²) >= 11 is 0. The van der Waals surface area contributed by atoms with E-state index in [-0.39, 0.29) is 17.3 Å². The van der Waals surface area contributed by atoms with E-state index in [1.54, 1.807) is 0 Å². The summed E-state index contributed by atoms with van der Waals surface area (Å²) in [4.78, 5) is 11.9. The Hall–Kier alpha value is -2.07. The SMILES string of the molecule is CCC1OC(c2ccccc2)Oc2c1occc2=O. The van der Waals surface area contributed by atoms with E-state index in [2.05, 4.69) is 0 Å². The molecule has 98 valence electrons. The molecule has 1 aromatic carbocycles. The quantitative estimate of drug-likeness (QED) is 0.830. The average Bonchev–Trinajstić information content (AvgIpc) is 2.48. The van der Waals surface area contributed by atoms with Gasteiger partial charge in [-0.15, -0.1) is 0 Å². The third kappa shape index (κ3) is 2.15. The summed E-state index contributed by atoms with van der Waals surface area (Å²) in [5, 5.41) is 0. The smallest absolute Gasteiger partial charge is 0.227 e. The Bertz CT molecular complexity index is 618. The third-order valence-corrected chi connectivity index (χ3v) is 3.11. The predicted molar refractivity (Wildman–Crippen MR) is 68.9 cm³/mol. The second-order valence-corrected chi connectivity index (χ2v) is 4.37. The van der Waals surface area contributed by atoms with Gasteiger partial charge in [0.2, 0.25) is 17.5 Å². The van der Waals surface area contributed by atoms with E-state index < -0.39 is 6.29 Å². The Kier molecular flexibility index (Phi) is 3.09. The second-order valence-electron chi connectivity index (χ2n) is 4.37. The van der Waals surface area contributed by atoms with E-state index in [1.807, 2.05) is 37.3 Å². The van der Waals surface area contributed by atoms with Crippen LogP contribution < -0.4 is 10.2 Å². The Labute approximate surface area is 110 Å². The molecule has 0 radical (unpaired) electrons. The van der Waals surface area contributed by atoms with E-state index >= 15 is 0 Å². The number of hydrogen-bond acceptors (Lipinski definition) is 4. The highest BCUT2D eigenvalue weighted by Crippen LogP contribution is 2.39. The van der Waals surface area contributed by atoms with E-state index in [0.29, 0.717) is 12.2 Å². The van der Waals surface area contributed by atoms with Crippen LogP contribution >= 0.6 is 0 Å². The van der Waals surface area contributed by atoms with Gasteiger partial charge in [0.05, 0.1) is 6.26 Å². The van der Waals surface area contributed by atoms with Crippen molar-refractivity contribution in [3.8, 4) is 5.75 Å². The zero-order valence-corrected chi connectivity index (χ0v) is 10.5. The van der Waals surface area contributed by atoms with Gasteiger partial charge in [0.1, 0.15) is 6.10 Å².